The van der Waals surface area contributed by atoms with Gasteiger partial charge in [-0.05, 0) is 49.4 Å². The van der Waals surface area contributed by atoms with Crippen molar-refractivity contribution >= 4 is 0 Å². The van der Waals surface area contributed by atoms with Gasteiger partial charge in [0.15, 0.2) is 0 Å². The van der Waals surface area contributed by atoms with Crippen molar-refractivity contribution in [1.82, 2.24) is 5.32 Å². The largest absolute Gasteiger partial charge is 0.489 e. The quantitative estimate of drug-likeness (QED) is 0.846. The van der Waals surface area contributed by atoms with E-state index in [2.05, 4.69) is 29.6 Å². The first-order chi connectivity index (χ1) is 12.2. The Morgan fingerprint density at radius 2 is 2.00 bits per heavy atom. The molecule has 0 aliphatic heterocycles. The van der Waals surface area contributed by atoms with Crippen molar-refractivity contribution < 1.29 is 9.84 Å². The summed E-state index contributed by atoms with van der Waals surface area (Å²) in [5.74, 6) is 0.667. The highest BCUT2D eigenvalue weighted by atomic mass is 16.5. The second kappa shape index (κ2) is 7.69. The summed E-state index contributed by atoms with van der Waals surface area (Å²) in [6.07, 6.45) is 2.00. The number of nitrogens with zero attached hydrogens (tertiary/aromatic N) is 1. The molecular formula is C21H24N2O2. The number of aliphatic hydroxyl groups is 1. The second-order valence-electron chi connectivity index (χ2n) is 6.60. The molecule has 0 heterocycles. The van der Waals surface area contributed by atoms with Crippen molar-refractivity contribution in [3.63, 3.8) is 0 Å². The predicted molar refractivity (Wildman–Crippen MR) is 98.5 cm³/mol. The number of nitrogens with one attached hydrogen (secondary N) is 1. The van der Waals surface area contributed by atoms with Crippen LogP contribution in [-0.2, 0) is 6.42 Å². The first-order valence-corrected chi connectivity index (χ1v) is 8.82. The minimum Gasteiger partial charge on any atom is -0.489 e. The maximum atomic E-state index is 9.47. The van der Waals surface area contributed by atoms with Gasteiger partial charge in [-0.3, -0.25) is 0 Å². The standard InChI is InChI=1S/C21H24N2O2/c1-14(2)25-21-15(13-22)5-3-8-19(21)16-6-4-7-18-17(16)9-10-20(18)23-11-12-24/h3-8,14,20,23-24H,9-12H2,1-2H3/t20-/m0/s1. The van der Waals surface area contributed by atoms with Crippen LogP contribution in [0.1, 0.15) is 43.0 Å². The van der Waals surface area contributed by atoms with Crippen LogP contribution in [0.5, 0.6) is 5.75 Å². The van der Waals surface area contributed by atoms with Crippen LogP contribution in [0.25, 0.3) is 11.1 Å². The second-order valence-corrected chi connectivity index (χ2v) is 6.60. The normalized spacial score (nSPS) is 15.9. The summed E-state index contributed by atoms with van der Waals surface area (Å²) < 4.78 is 6.00. The molecule has 1 atom stereocenters. The maximum absolute atomic E-state index is 9.47. The summed E-state index contributed by atoms with van der Waals surface area (Å²) in [5.41, 5.74) is 5.27. The SMILES string of the molecule is CC(C)Oc1c(C#N)cccc1-c1cccc2c1CC[C@@H]2NCCO. The van der Waals surface area contributed by atoms with Gasteiger partial charge in [-0.15, -0.1) is 0 Å². The zero-order valence-electron chi connectivity index (χ0n) is 14.7. The molecule has 3 rings (SSSR count). The molecule has 25 heavy (non-hydrogen) atoms. The number of nitriles is 1. The number of rotatable bonds is 6. The third-order valence-electron chi connectivity index (χ3n) is 4.55. The molecule has 0 aromatic heterocycles. The monoisotopic (exact) mass is 336 g/mol. The zero-order chi connectivity index (χ0) is 17.8. The van der Waals surface area contributed by atoms with Crippen LogP contribution in [0.2, 0.25) is 0 Å². The minimum atomic E-state index is 0.00369. The third kappa shape index (κ3) is 3.53. The van der Waals surface area contributed by atoms with E-state index in [0.717, 1.165) is 24.0 Å². The van der Waals surface area contributed by atoms with Crippen LogP contribution in [0.3, 0.4) is 0 Å². The highest BCUT2D eigenvalue weighted by molar-refractivity contribution is 5.77. The summed E-state index contributed by atoms with van der Waals surface area (Å²) in [6.45, 7) is 4.69. The Morgan fingerprint density at radius 1 is 1.24 bits per heavy atom. The van der Waals surface area contributed by atoms with E-state index in [-0.39, 0.29) is 18.8 Å². The molecule has 1 aliphatic carbocycles. The lowest BCUT2D eigenvalue weighted by Crippen LogP contribution is -2.22. The van der Waals surface area contributed by atoms with Gasteiger partial charge >= 0.3 is 0 Å². The van der Waals surface area contributed by atoms with Crippen molar-refractivity contribution in [3.8, 4) is 22.9 Å². The topological polar surface area (TPSA) is 65.3 Å². The molecule has 1 aliphatic rings. The number of hydrogen-bond acceptors (Lipinski definition) is 4. The van der Waals surface area contributed by atoms with Crippen LogP contribution in [0.15, 0.2) is 36.4 Å². The first-order valence-electron chi connectivity index (χ1n) is 8.82. The first kappa shape index (κ1) is 17.5. The van der Waals surface area contributed by atoms with E-state index in [1.807, 2.05) is 26.0 Å². The van der Waals surface area contributed by atoms with Crippen LogP contribution >= 0.6 is 0 Å². The molecule has 130 valence electrons. The van der Waals surface area contributed by atoms with E-state index >= 15 is 0 Å². The van der Waals surface area contributed by atoms with E-state index in [0.29, 0.717) is 17.9 Å². The van der Waals surface area contributed by atoms with Gasteiger partial charge in [0.2, 0.25) is 0 Å². The minimum absolute atomic E-state index is 0.00369. The van der Waals surface area contributed by atoms with E-state index < -0.39 is 0 Å². The molecule has 0 radical (unpaired) electrons. The number of para-hydroxylation sites is 1. The molecule has 2 aromatic carbocycles. The van der Waals surface area contributed by atoms with Crippen molar-refractivity contribution in [2.24, 2.45) is 0 Å². The molecule has 0 spiro atoms. The van der Waals surface area contributed by atoms with Gasteiger partial charge in [-0.1, -0.05) is 30.3 Å². The van der Waals surface area contributed by atoms with Gasteiger partial charge in [0, 0.05) is 18.2 Å². The number of hydrogen-bond donors (Lipinski definition) is 2. The molecule has 4 heteroatoms. The third-order valence-corrected chi connectivity index (χ3v) is 4.55. The van der Waals surface area contributed by atoms with Gasteiger partial charge in [0.05, 0.1) is 18.3 Å². The Balaban J connectivity index is 2.07. The summed E-state index contributed by atoms with van der Waals surface area (Å²) in [4.78, 5) is 0. The van der Waals surface area contributed by atoms with Gasteiger partial charge in [-0.25, -0.2) is 0 Å². The van der Waals surface area contributed by atoms with Gasteiger partial charge < -0.3 is 15.2 Å². The lowest BCUT2D eigenvalue weighted by molar-refractivity contribution is 0.243. The molecule has 0 bridgehead atoms. The fraction of sp³-hybridized carbons (Fsp3) is 0.381. The van der Waals surface area contributed by atoms with E-state index in [9.17, 15) is 5.26 Å². The molecule has 2 aromatic rings. The Kier molecular flexibility index (Phi) is 5.37. The summed E-state index contributed by atoms with van der Waals surface area (Å²) in [6, 6.07) is 14.6. The number of ether oxygens (including phenoxy) is 1. The molecule has 0 saturated heterocycles. The number of benzene rings is 2. The Hall–Kier alpha value is -2.35. The Bertz CT molecular complexity index is 793. The molecule has 4 nitrogen and oxygen atoms in total. The average molecular weight is 336 g/mol. The van der Waals surface area contributed by atoms with Gasteiger partial charge in [0.1, 0.15) is 11.8 Å². The zero-order valence-corrected chi connectivity index (χ0v) is 14.7. The highest BCUT2D eigenvalue weighted by Gasteiger charge is 2.26. The Morgan fingerprint density at radius 3 is 2.72 bits per heavy atom. The van der Waals surface area contributed by atoms with E-state index in [4.69, 9.17) is 9.84 Å². The van der Waals surface area contributed by atoms with Crippen LogP contribution < -0.4 is 10.1 Å². The highest BCUT2D eigenvalue weighted by Crippen LogP contribution is 2.41. The molecular weight excluding hydrogens is 312 g/mol. The lowest BCUT2D eigenvalue weighted by Gasteiger charge is -2.18. The van der Waals surface area contributed by atoms with Crippen LogP contribution in [0.4, 0.5) is 0 Å². The smallest absolute Gasteiger partial charge is 0.145 e. The fourth-order valence-electron chi connectivity index (χ4n) is 3.56. The van der Waals surface area contributed by atoms with E-state index in [1.54, 1.807) is 6.07 Å². The molecule has 0 saturated carbocycles. The van der Waals surface area contributed by atoms with Crippen molar-refractivity contribution in [2.45, 2.75) is 38.8 Å². The summed E-state index contributed by atoms with van der Waals surface area (Å²) in [5, 5.41) is 21.9. The van der Waals surface area contributed by atoms with Crippen molar-refractivity contribution in [1.29, 1.82) is 5.26 Å². The van der Waals surface area contributed by atoms with Gasteiger partial charge in [-0.2, -0.15) is 5.26 Å². The molecule has 2 N–H and O–H groups in total. The molecule has 0 unspecified atom stereocenters. The van der Waals surface area contributed by atoms with Crippen LogP contribution in [-0.4, -0.2) is 24.4 Å². The number of aliphatic hydroxyl groups excluding tert-OH is 1. The molecule has 0 fully saturated rings. The number of fused-ring (bicyclic) bond motifs is 1. The Labute approximate surface area is 149 Å². The predicted octanol–water partition coefficient (Wildman–Crippen LogP) is 3.58. The van der Waals surface area contributed by atoms with E-state index in [1.165, 1.54) is 11.1 Å². The summed E-state index contributed by atoms with van der Waals surface area (Å²) >= 11 is 0. The lowest BCUT2D eigenvalue weighted by atomic mass is 9.94. The van der Waals surface area contributed by atoms with Crippen LogP contribution in [0, 0.1) is 11.3 Å². The van der Waals surface area contributed by atoms with Crippen molar-refractivity contribution in [3.05, 3.63) is 53.1 Å². The maximum Gasteiger partial charge on any atom is 0.145 e. The van der Waals surface area contributed by atoms with Gasteiger partial charge in [0.25, 0.3) is 0 Å². The van der Waals surface area contributed by atoms with Crippen molar-refractivity contribution in [2.75, 3.05) is 13.2 Å². The average Bonchev–Trinajstić information content (AvgIpc) is 3.03. The summed E-state index contributed by atoms with van der Waals surface area (Å²) in [7, 11) is 0. The molecule has 0 amide bonds. The fourth-order valence-corrected chi connectivity index (χ4v) is 3.56.